The second-order valence-corrected chi connectivity index (χ2v) is 7.12. The fourth-order valence-electron chi connectivity index (χ4n) is 2.23. The van der Waals surface area contributed by atoms with E-state index in [0.29, 0.717) is 22.4 Å². The Kier molecular flexibility index (Phi) is 7.69. The van der Waals surface area contributed by atoms with Crippen LogP contribution in [0, 0.1) is 0 Å². The van der Waals surface area contributed by atoms with Gasteiger partial charge in [0, 0.05) is 7.11 Å². The van der Waals surface area contributed by atoms with Crippen molar-refractivity contribution in [1.82, 2.24) is 4.90 Å². The molecule has 1 saturated heterocycles. The molecule has 0 saturated carbocycles. The summed E-state index contributed by atoms with van der Waals surface area (Å²) in [5.74, 6) is -0.914. The van der Waals surface area contributed by atoms with Gasteiger partial charge in [0.2, 0.25) is 0 Å². The van der Waals surface area contributed by atoms with Gasteiger partial charge in [-0.1, -0.05) is 0 Å². The van der Waals surface area contributed by atoms with Crippen LogP contribution in [-0.4, -0.2) is 60.6 Å². The van der Waals surface area contributed by atoms with Crippen molar-refractivity contribution < 1.29 is 33.7 Å². The summed E-state index contributed by atoms with van der Waals surface area (Å²) in [5, 5.41) is 8.44. The van der Waals surface area contributed by atoms with Gasteiger partial charge in [0.25, 0.3) is 11.1 Å². The third-order valence-corrected chi connectivity index (χ3v) is 4.86. The number of carboxylic acid groups (broad SMARTS) is 1. The first-order chi connectivity index (χ1) is 12.9. The number of imide groups is 1. The standard InChI is InChI=1S/C17H18BrNO7S/c1-3-25-12-7-10(6-11(18)15(12)26-9-14(20)21)8-13-16(22)19(4-5-24-2)17(23)27-13/h6-8H,3-5,9H2,1-2H3,(H,20,21)/b13-8+. The average Bonchev–Trinajstić information content (AvgIpc) is 2.86. The van der Waals surface area contributed by atoms with Gasteiger partial charge in [-0.2, -0.15) is 0 Å². The van der Waals surface area contributed by atoms with Crippen LogP contribution in [-0.2, 0) is 14.3 Å². The molecule has 1 aromatic rings. The number of benzene rings is 1. The molecule has 0 aliphatic carbocycles. The zero-order valence-corrected chi connectivity index (χ0v) is 17.1. The molecule has 1 N–H and O–H groups in total. The number of methoxy groups -OCH3 is 1. The predicted molar refractivity (Wildman–Crippen MR) is 103 cm³/mol. The second-order valence-electron chi connectivity index (χ2n) is 5.27. The molecular weight excluding hydrogens is 442 g/mol. The average molecular weight is 460 g/mol. The molecule has 1 aliphatic rings. The van der Waals surface area contributed by atoms with E-state index >= 15 is 0 Å². The highest BCUT2D eigenvalue weighted by molar-refractivity contribution is 9.10. The van der Waals surface area contributed by atoms with Crippen molar-refractivity contribution >= 4 is 50.9 Å². The highest BCUT2D eigenvalue weighted by Gasteiger charge is 2.34. The largest absolute Gasteiger partial charge is 0.490 e. The van der Waals surface area contributed by atoms with Crippen LogP contribution in [0.5, 0.6) is 11.5 Å². The Morgan fingerprint density at radius 1 is 1.33 bits per heavy atom. The van der Waals surface area contributed by atoms with Crippen molar-refractivity contribution in [1.29, 1.82) is 0 Å². The van der Waals surface area contributed by atoms with Gasteiger partial charge in [0.1, 0.15) is 0 Å². The SMILES string of the molecule is CCOc1cc(/C=C2/SC(=O)N(CCOC)C2=O)cc(Br)c1OCC(=O)O. The Labute approximate surface area is 168 Å². The van der Waals surface area contributed by atoms with Gasteiger partial charge < -0.3 is 19.3 Å². The number of hydrogen-bond acceptors (Lipinski definition) is 7. The molecule has 0 aromatic heterocycles. The summed E-state index contributed by atoms with van der Waals surface area (Å²) in [6, 6.07) is 3.28. The summed E-state index contributed by atoms with van der Waals surface area (Å²) in [7, 11) is 1.50. The molecule has 0 spiro atoms. The first-order valence-electron chi connectivity index (χ1n) is 7.92. The molecule has 2 rings (SSSR count). The summed E-state index contributed by atoms with van der Waals surface area (Å²) < 4.78 is 16.2. The summed E-state index contributed by atoms with van der Waals surface area (Å²) in [6.45, 7) is 2.06. The molecule has 10 heteroatoms. The Morgan fingerprint density at radius 3 is 2.70 bits per heavy atom. The number of thioether (sulfide) groups is 1. The van der Waals surface area contributed by atoms with E-state index in [-0.39, 0.29) is 35.0 Å². The summed E-state index contributed by atoms with van der Waals surface area (Å²) in [5.41, 5.74) is 0.602. The maximum absolute atomic E-state index is 12.4. The monoisotopic (exact) mass is 459 g/mol. The van der Waals surface area contributed by atoms with Gasteiger partial charge in [0.15, 0.2) is 18.1 Å². The van der Waals surface area contributed by atoms with E-state index in [2.05, 4.69) is 15.9 Å². The van der Waals surface area contributed by atoms with E-state index in [4.69, 9.17) is 19.3 Å². The molecule has 0 unspecified atom stereocenters. The van der Waals surface area contributed by atoms with E-state index < -0.39 is 12.6 Å². The number of ether oxygens (including phenoxy) is 3. The molecule has 146 valence electrons. The van der Waals surface area contributed by atoms with Gasteiger partial charge in [-0.15, -0.1) is 0 Å². The lowest BCUT2D eigenvalue weighted by atomic mass is 10.2. The fourth-order valence-corrected chi connectivity index (χ4v) is 3.67. The second kappa shape index (κ2) is 9.77. The van der Waals surface area contributed by atoms with Crippen molar-refractivity contribution in [2.75, 3.05) is 33.5 Å². The first-order valence-corrected chi connectivity index (χ1v) is 9.53. The zero-order chi connectivity index (χ0) is 20.0. The lowest BCUT2D eigenvalue weighted by molar-refractivity contribution is -0.139. The van der Waals surface area contributed by atoms with Gasteiger partial charge in [-0.05, 0) is 58.4 Å². The van der Waals surface area contributed by atoms with Crippen molar-refractivity contribution in [2.45, 2.75) is 6.92 Å². The number of carbonyl (C=O) groups is 3. The van der Waals surface area contributed by atoms with E-state index in [1.54, 1.807) is 25.1 Å². The topological polar surface area (TPSA) is 102 Å². The normalized spacial score (nSPS) is 15.5. The number of rotatable bonds is 9. The van der Waals surface area contributed by atoms with Crippen LogP contribution in [0.1, 0.15) is 12.5 Å². The number of carbonyl (C=O) groups excluding carboxylic acids is 2. The van der Waals surface area contributed by atoms with Crippen LogP contribution in [0.4, 0.5) is 4.79 Å². The molecule has 1 aromatic carbocycles. The summed E-state index contributed by atoms with van der Waals surface area (Å²) in [6.07, 6.45) is 1.58. The predicted octanol–water partition coefficient (Wildman–Crippen LogP) is 2.99. The van der Waals surface area contributed by atoms with Crippen LogP contribution >= 0.6 is 27.7 Å². The smallest absolute Gasteiger partial charge is 0.341 e. The minimum atomic E-state index is -1.11. The van der Waals surface area contributed by atoms with E-state index in [0.717, 1.165) is 16.7 Å². The van der Waals surface area contributed by atoms with Crippen LogP contribution in [0.3, 0.4) is 0 Å². The molecule has 8 nitrogen and oxygen atoms in total. The molecule has 1 fully saturated rings. The third-order valence-electron chi connectivity index (χ3n) is 3.36. The number of carboxylic acids is 1. The zero-order valence-electron chi connectivity index (χ0n) is 14.7. The highest BCUT2D eigenvalue weighted by atomic mass is 79.9. The Morgan fingerprint density at radius 2 is 2.07 bits per heavy atom. The summed E-state index contributed by atoms with van der Waals surface area (Å²) >= 11 is 4.18. The van der Waals surface area contributed by atoms with Gasteiger partial charge >= 0.3 is 5.97 Å². The number of amides is 2. The fraction of sp³-hybridized carbons (Fsp3) is 0.353. The van der Waals surface area contributed by atoms with Crippen molar-refractivity contribution in [3.05, 3.63) is 27.1 Å². The Bertz CT molecular complexity index is 781. The van der Waals surface area contributed by atoms with Crippen molar-refractivity contribution in [2.24, 2.45) is 0 Å². The lowest BCUT2D eigenvalue weighted by Gasteiger charge is -2.13. The van der Waals surface area contributed by atoms with E-state index in [9.17, 15) is 14.4 Å². The number of halogens is 1. The maximum Gasteiger partial charge on any atom is 0.341 e. The van der Waals surface area contributed by atoms with Gasteiger partial charge in [0.05, 0.1) is 29.1 Å². The number of aliphatic carboxylic acids is 1. The van der Waals surface area contributed by atoms with Crippen LogP contribution < -0.4 is 9.47 Å². The first kappa shape index (κ1) is 21.3. The van der Waals surface area contributed by atoms with Crippen molar-refractivity contribution in [3.8, 4) is 11.5 Å². The van der Waals surface area contributed by atoms with Crippen LogP contribution in [0.15, 0.2) is 21.5 Å². The Hall–Kier alpha value is -2.04. The van der Waals surface area contributed by atoms with Gasteiger partial charge in [-0.3, -0.25) is 14.5 Å². The maximum atomic E-state index is 12.4. The van der Waals surface area contributed by atoms with E-state index in [1.807, 2.05) is 0 Å². The highest BCUT2D eigenvalue weighted by Crippen LogP contribution is 2.39. The molecule has 0 radical (unpaired) electrons. The molecule has 0 atom stereocenters. The van der Waals surface area contributed by atoms with Crippen LogP contribution in [0.25, 0.3) is 6.08 Å². The third kappa shape index (κ3) is 5.47. The summed E-state index contributed by atoms with van der Waals surface area (Å²) in [4.78, 5) is 36.5. The molecule has 1 aliphatic heterocycles. The molecular formula is C17H18BrNO7S. The number of nitrogens with zero attached hydrogens (tertiary/aromatic N) is 1. The quantitative estimate of drug-likeness (QED) is 0.562. The van der Waals surface area contributed by atoms with Gasteiger partial charge in [-0.25, -0.2) is 4.79 Å². The minimum absolute atomic E-state index is 0.189. The van der Waals surface area contributed by atoms with E-state index in [1.165, 1.54) is 7.11 Å². The number of hydrogen-bond donors (Lipinski definition) is 1. The minimum Gasteiger partial charge on any atom is -0.490 e. The molecule has 27 heavy (non-hydrogen) atoms. The Balaban J connectivity index is 2.30. The molecule has 2 amide bonds. The molecule has 0 bridgehead atoms. The lowest BCUT2D eigenvalue weighted by Crippen LogP contribution is -2.31. The molecule has 1 heterocycles. The van der Waals surface area contributed by atoms with Crippen LogP contribution in [0.2, 0.25) is 0 Å². The van der Waals surface area contributed by atoms with Crippen molar-refractivity contribution in [3.63, 3.8) is 0 Å².